The second kappa shape index (κ2) is 7.76. The summed E-state index contributed by atoms with van der Waals surface area (Å²) in [5.74, 6) is 0.368. The highest BCUT2D eigenvalue weighted by Gasteiger charge is 2.22. The molecule has 1 aromatic carbocycles. The van der Waals surface area contributed by atoms with Crippen molar-refractivity contribution in [1.82, 2.24) is 9.97 Å². The van der Waals surface area contributed by atoms with E-state index in [9.17, 15) is 4.79 Å². The van der Waals surface area contributed by atoms with Crippen LogP contribution in [0.4, 0.5) is 5.69 Å². The van der Waals surface area contributed by atoms with Gasteiger partial charge in [-0.15, -0.1) is 0 Å². The predicted octanol–water partition coefficient (Wildman–Crippen LogP) is 4.39. The Morgan fingerprint density at radius 3 is 3.00 bits per heavy atom. The lowest BCUT2D eigenvalue weighted by Gasteiger charge is -2.15. The van der Waals surface area contributed by atoms with Crippen LogP contribution in [0.5, 0.6) is 5.75 Å². The first-order valence-corrected chi connectivity index (χ1v) is 8.89. The molecule has 2 heterocycles. The molecule has 0 saturated heterocycles. The van der Waals surface area contributed by atoms with E-state index in [2.05, 4.69) is 15.3 Å². The van der Waals surface area contributed by atoms with Gasteiger partial charge in [0.25, 0.3) is 5.22 Å². The summed E-state index contributed by atoms with van der Waals surface area (Å²) in [4.78, 5) is 21.1. The van der Waals surface area contributed by atoms with Crippen molar-refractivity contribution in [2.75, 3.05) is 12.4 Å². The van der Waals surface area contributed by atoms with Crippen LogP contribution in [0.15, 0.2) is 46.2 Å². The van der Waals surface area contributed by atoms with Crippen LogP contribution in [0.2, 0.25) is 5.02 Å². The molecule has 6 nitrogen and oxygen atoms in total. The Morgan fingerprint density at radius 2 is 2.28 bits per heavy atom. The fourth-order valence-corrected chi connectivity index (χ4v) is 3.26. The number of amides is 1. The third kappa shape index (κ3) is 4.05. The molecule has 3 rings (SSSR count). The third-order valence-corrected chi connectivity index (χ3v) is 4.91. The highest BCUT2D eigenvalue weighted by molar-refractivity contribution is 8.00. The van der Waals surface area contributed by atoms with Gasteiger partial charge in [0.15, 0.2) is 11.2 Å². The fourth-order valence-electron chi connectivity index (χ4n) is 2.23. The van der Waals surface area contributed by atoms with E-state index in [1.54, 1.807) is 36.5 Å². The number of halogens is 1. The Morgan fingerprint density at radius 1 is 1.44 bits per heavy atom. The summed E-state index contributed by atoms with van der Waals surface area (Å²) in [6.45, 7) is 1.92. The zero-order chi connectivity index (χ0) is 17.8. The largest absolute Gasteiger partial charge is 0.495 e. The second-order valence-corrected chi connectivity index (χ2v) is 6.74. The number of fused-ring (bicyclic) bond motifs is 1. The van der Waals surface area contributed by atoms with Crippen molar-refractivity contribution in [3.8, 4) is 5.75 Å². The number of pyridine rings is 1. The quantitative estimate of drug-likeness (QED) is 0.642. The minimum atomic E-state index is -0.378. The molecule has 0 spiro atoms. The lowest BCUT2D eigenvalue weighted by molar-refractivity contribution is -0.115. The molecule has 0 bridgehead atoms. The number of benzene rings is 1. The number of carbonyl (C=O) groups is 1. The number of oxazole rings is 1. The van der Waals surface area contributed by atoms with Gasteiger partial charge in [0.2, 0.25) is 5.91 Å². The molecule has 0 fully saturated rings. The number of hydrogen-bond donors (Lipinski definition) is 1. The van der Waals surface area contributed by atoms with Crippen molar-refractivity contribution < 1.29 is 13.9 Å². The summed E-state index contributed by atoms with van der Waals surface area (Å²) in [6.07, 6.45) is 2.25. The molecule has 1 atom stereocenters. The normalized spacial score (nSPS) is 12.1. The van der Waals surface area contributed by atoms with Gasteiger partial charge in [-0.25, -0.2) is 4.98 Å². The van der Waals surface area contributed by atoms with Crippen LogP contribution in [0.1, 0.15) is 13.3 Å². The summed E-state index contributed by atoms with van der Waals surface area (Å²) in [6, 6.07) is 8.62. The Labute approximate surface area is 153 Å². The van der Waals surface area contributed by atoms with E-state index in [1.807, 2.05) is 6.92 Å². The third-order valence-electron chi connectivity index (χ3n) is 3.47. The van der Waals surface area contributed by atoms with Gasteiger partial charge in [-0.2, -0.15) is 4.98 Å². The van der Waals surface area contributed by atoms with Gasteiger partial charge in [-0.05, 0) is 36.8 Å². The number of rotatable bonds is 6. The summed E-state index contributed by atoms with van der Waals surface area (Å²) in [5.41, 5.74) is 1.65. The van der Waals surface area contributed by atoms with Crippen molar-refractivity contribution in [2.24, 2.45) is 0 Å². The number of ether oxygens (including phenoxy) is 1. The molecule has 1 amide bonds. The number of thioether (sulfide) groups is 1. The van der Waals surface area contributed by atoms with Gasteiger partial charge >= 0.3 is 0 Å². The molecule has 8 heteroatoms. The highest BCUT2D eigenvalue weighted by Crippen LogP contribution is 2.31. The standard InChI is InChI=1S/C17H16ClN3O3S/c1-3-14(25-17-21-15-13(24-17)5-4-8-19-15)16(22)20-11-9-10(18)6-7-12(11)23-2/h4-9,14H,3H2,1-2H3,(H,20,22)/t14-/m0/s1. The van der Waals surface area contributed by atoms with Crippen LogP contribution in [0, 0.1) is 0 Å². The summed E-state index contributed by atoms with van der Waals surface area (Å²) < 4.78 is 10.9. The monoisotopic (exact) mass is 377 g/mol. The summed E-state index contributed by atoms with van der Waals surface area (Å²) in [5, 5.41) is 3.40. The maximum absolute atomic E-state index is 12.6. The maximum Gasteiger partial charge on any atom is 0.259 e. The van der Waals surface area contributed by atoms with Crippen molar-refractivity contribution in [3.05, 3.63) is 41.6 Å². The predicted molar refractivity (Wildman–Crippen MR) is 98.4 cm³/mol. The van der Waals surface area contributed by atoms with Crippen molar-refractivity contribution in [1.29, 1.82) is 0 Å². The lowest BCUT2D eigenvalue weighted by Crippen LogP contribution is -2.24. The van der Waals surface area contributed by atoms with E-state index in [-0.39, 0.29) is 11.2 Å². The minimum absolute atomic E-state index is 0.178. The number of methoxy groups -OCH3 is 1. The summed E-state index contributed by atoms with van der Waals surface area (Å²) in [7, 11) is 1.54. The van der Waals surface area contributed by atoms with Crippen LogP contribution >= 0.6 is 23.4 Å². The Hall–Kier alpha value is -2.25. The van der Waals surface area contributed by atoms with Crippen molar-refractivity contribution in [3.63, 3.8) is 0 Å². The zero-order valence-electron chi connectivity index (χ0n) is 13.7. The van der Waals surface area contributed by atoms with E-state index in [0.717, 1.165) is 0 Å². The molecule has 25 heavy (non-hydrogen) atoms. The number of hydrogen-bond acceptors (Lipinski definition) is 6. The molecular weight excluding hydrogens is 362 g/mol. The van der Waals surface area contributed by atoms with Gasteiger partial charge in [0, 0.05) is 11.2 Å². The molecular formula is C17H16ClN3O3S. The average Bonchev–Trinajstić information content (AvgIpc) is 3.02. The maximum atomic E-state index is 12.6. The number of aromatic nitrogens is 2. The number of nitrogens with zero attached hydrogens (tertiary/aromatic N) is 2. The Balaban J connectivity index is 1.76. The molecule has 1 N–H and O–H groups in total. The number of anilines is 1. The van der Waals surface area contributed by atoms with Crippen LogP contribution in [0.3, 0.4) is 0 Å². The minimum Gasteiger partial charge on any atom is -0.495 e. The van der Waals surface area contributed by atoms with Gasteiger partial charge in [0.05, 0.1) is 18.0 Å². The van der Waals surface area contributed by atoms with Gasteiger partial charge < -0.3 is 14.5 Å². The van der Waals surface area contributed by atoms with E-state index < -0.39 is 0 Å². The van der Waals surface area contributed by atoms with Gasteiger partial charge in [-0.3, -0.25) is 4.79 Å². The van der Waals surface area contributed by atoms with Crippen LogP contribution < -0.4 is 10.1 Å². The first kappa shape index (κ1) is 17.6. The Bertz CT molecular complexity index is 867. The van der Waals surface area contributed by atoms with Crippen LogP contribution in [-0.4, -0.2) is 28.2 Å². The molecule has 0 aliphatic heterocycles. The Kier molecular flexibility index (Phi) is 5.45. The summed E-state index contributed by atoms with van der Waals surface area (Å²) >= 11 is 7.26. The molecule has 3 aromatic rings. The molecule has 130 valence electrons. The molecule has 0 radical (unpaired) electrons. The highest BCUT2D eigenvalue weighted by atomic mass is 35.5. The van der Waals surface area contributed by atoms with E-state index in [4.69, 9.17) is 20.8 Å². The SMILES string of the molecule is CC[C@H](Sc1nc2ncccc2o1)C(=O)Nc1cc(Cl)ccc1OC. The zero-order valence-corrected chi connectivity index (χ0v) is 15.2. The smallest absolute Gasteiger partial charge is 0.259 e. The second-order valence-electron chi connectivity index (χ2n) is 5.15. The molecule has 0 aliphatic carbocycles. The number of carbonyl (C=O) groups excluding carboxylic acids is 1. The first-order chi connectivity index (χ1) is 12.1. The molecule has 0 unspecified atom stereocenters. The average molecular weight is 378 g/mol. The van der Waals surface area contributed by atoms with E-state index in [1.165, 1.54) is 18.9 Å². The van der Waals surface area contributed by atoms with Gasteiger partial charge in [-0.1, -0.05) is 30.3 Å². The first-order valence-electron chi connectivity index (χ1n) is 7.63. The fraction of sp³-hybridized carbons (Fsp3) is 0.235. The van der Waals surface area contributed by atoms with E-state index >= 15 is 0 Å². The number of nitrogens with one attached hydrogen (secondary N) is 1. The lowest BCUT2D eigenvalue weighted by atomic mass is 10.2. The molecule has 2 aromatic heterocycles. The van der Waals surface area contributed by atoms with Crippen molar-refractivity contribution >= 4 is 46.2 Å². The molecule has 0 aliphatic rings. The van der Waals surface area contributed by atoms with Gasteiger partial charge in [0.1, 0.15) is 5.75 Å². The van der Waals surface area contributed by atoms with Crippen LogP contribution in [-0.2, 0) is 4.79 Å². The topological polar surface area (TPSA) is 77.2 Å². The van der Waals surface area contributed by atoms with Crippen LogP contribution in [0.25, 0.3) is 11.2 Å². The molecule has 0 saturated carbocycles. The van der Waals surface area contributed by atoms with Crippen molar-refractivity contribution in [2.45, 2.75) is 23.8 Å². The van der Waals surface area contributed by atoms with E-state index in [0.29, 0.717) is 39.3 Å².